The van der Waals surface area contributed by atoms with Crippen LogP contribution in [-0.4, -0.2) is 91.7 Å². The van der Waals surface area contributed by atoms with Crippen molar-refractivity contribution in [3.63, 3.8) is 0 Å². The van der Waals surface area contributed by atoms with Gasteiger partial charge in [0.15, 0.2) is 5.82 Å². The van der Waals surface area contributed by atoms with E-state index >= 15 is 4.39 Å². The number of imidazole rings is 1. The summed E-state index contributed by atoms with van der Waals surface area (Å²) in [7, 11) is 2.09. The van der Waals surface area contributed by atoms with Crippen molar-refractivity contribution in [2.75, 3.05) is 38.2 Å². The third-order valence-electron chi connectivity index (χ3n) is 9.93. The Morgan fingerprint density at radius 1 is 1.02 bits per heavy atom. The van der Waals surface area contributed by atoms with Gasteiger partial charge in [0, 0.05) is 54.6 Å². The number of amides is 1. The molecular formula is C35H36FN7O3. The van der Waals surface area contributed by atoms with Crippen LogP contribution in [0.1, 0.15) is 25.7 Å². The highest BCUT2D eigenvalue weighted by molar-refractivity contribution is 6.01. The lowest BCUT2D eigenvalue weighted by Gasteiger charge is -2.42. The molecule has 1 amide bonds. The van der Waals surface area contributed by atoms with Crippen LogP contribution in [0, 0.1) is 5.82 Å². The van der Waals surface area contributed by atoms with E-state index in [-0.39, 0.29) is 47.9 Å². The minimum atomic E-state index is -0.489. The van der Waals surface area contributed by atoms with Crippen molar-refractivity contribution < 1.29 is 19.0 Å². The highest BCUT2D eigenvalue weighted by Gasteiger charge is 2.43. The normalized spacial score (nSPS) is 21.5. The SMILES string of the molecule is CN1CCC[C@H]1COc1nc(N2C[C@H]3CC[C@@H](C2)N3C(=O)Cn2ccnc2)c2ccc(-c3cc(O)cc4ccccc34)c(F)c2n1. The number of likely N-dealkylation sites (N-methyl/N-ethyl adjacent to an activating group) is 1. The molecule has 3 saturated heterocycles. The first-order valence-electron chi connectivity index (χ1n) is 16.0. The van der Waals surface area contributed by atoms with E-state index in [1.54, 1.807) is 41.5 Å². The summed E-state index contributed by atoms with van der Waals surface area (Å²) in [4.78, 5) is 33.4. The van der Waals surface area contributed by atoms with Gasteiger partial charge in [-0.3, -0.25) is 4.79 Å². The predicted octanol–water partition coefficient (Wildman–Crippen LogP) is 4.84. The molecule has 2 aromatic heterocycles. The number of phenolic OH excluding ortho intramolecular Hbond substituents is 1. The third-order valence-corrected chi connectivity index (χ3v) is 9.93. The fraction of sp³-hybridized carbons (Fsp3) is 0.371. The zero-order valence-electron chi connectivity index (χ0n) is 25.7. The molecule has 0 unspecified atom stereocenters. The van der Waals surface area contributed by atoms with Gasteiger partial charge in [0.2, 0.25) is 5.91 Å². The van der Waals surface area contributed by atoms with Gasteiger partial charge in [-0.05, 0) is 73.8 Å². The smallest absolute Gasteiger partial charge is 0.319 e. The maximum absolute atomic E-state index is 16.7. The number of hydrogen-bond acceptors (Lipinski definition) is 8. The molecule has 0 radical (unpaired) electrons. The van der Waals surface area contributed by atoms with Crippen molar-refractivity contribution in [2.45, 2.75) is 50.4 Å². The van der Waals surface area contributed by atoms with Crippen LogP contribution in [0.3, 0.4) is 0 Å². The Balaban J connectivity index is 1.18. The molecule has 3 aliphatic rings. The number of halogens is 1. The molecule has 46 heavy (non-hydrogen) atoms. The van der Waals surface area contributed by atoms with E-state index in [1.165, 1.54) is 0 Å². The van der Waals surface area contributed by atoms with Crippen molar-refractivity contribution in [1.82, 2.24) is 29.3 Å². The van der Waals surface area contributed by atoms with Gasteiger partial charge in [-0.1, -0.05) is 30.3 Å². The number of carbonyl (C=O) groups is 1. The monoisotopic (exact) mass is 621 g/mol. The minimum Gasteiger partial charge on any atom is -0.508 e. The summed E-state index contributed by atoms with van der Waals surface area (Å²) < 4.78 is 24.8. The predicted molar refractivity (Wildman–Crippen MR) is 173 cm³/mol. The standard InChI is InChI=1S/C35H36FN7O3/c1-40-13-4-6-25(40)20-46-35-38-33-29(11-10-28(32(33)36)30-16-26(44)15-22-5-2-3-7-27(22)30)34(39-35)42-17-23-8-9-24(18-42)43(23)31(45)19-41-14-12-37-21-41/h2-3,5,7,10-12,14-16,21,23-25,44H,4,6,8-9,13,17-20H2,1H3/t23-,24+,25-/m0/s1. The lowest BCUT2D eigenvalue weighted by Crippen LogP contribution is -2.56. The number of phenols is 1. The molecule has 10 nitrogen and oxygen atoms in total. The van der Waals surface area contributed by atoms with Crippen LogP contribution in [0.25, 0.3) is 32.8 Å². The zero-order valence-corrected chi connectivity index (χ0v) is 25.7. The van der Waals surface area contributed by atoms with E-state index < -0.39 is 5.82 Å². The van der Waals surface area contributed by atoms with Gasteiger partial charge in [-0.15, -0.1) is 0 Å². The summed E-state index contributed by atoms with van der Waals surface area (Å²) in [6.45, 7) is 2.87. The Kier molecular flexibility index (Phi) is 7.20. The molecule has 0 spiro atoms. The minimum absolute atomic E-state index is 0.0269. The van der Waals surface area contributed by atoms with Crippen LogP contribution in [0.5, 0.6) is 11.8 Å². The van der Waals surface area contributed by atoms with Gasteiger partial charge in [0.1, 0.15) is 30.2 Å². The summed E-state index contributed by atoms with van der Waals surface area (Å²) >= 11 is 0. The number of aromatic hydroxyl groups is 1. The molecule has 11 heteroatoms. The summed E-state index contributed by atoms with van der Waals surface area (Å²) in [5.74, 6) is 0.273. The molecule has 3 aromatic carbocycles. The zero-order chi connectivity index (χ0) is 31.4. The van der Waals surface area contributed by atoms with E-state index in [9.17, 15) is 9.90 Å². The van der Waals surface area contributed by atoms with Crippen LogP contribution in [0.2, 0.25) is 0 Å². The molecule has 1 N–H and O–H groups in total. The number of benzene rings is 3. The van der Waals surface area contributed by atoms with E-state index in [2.05, 4.69) is 26.8 Å². The topological polar surface area (TPSA) is 99.9 Å². The fourth-order valence-electron chi connectivity index (χ4n) is 7.62. The van der Waals surface area contributed by atoms with Gasteiger partial charge in [-0.2, -0.15) is 9.97 Å². The number of nitrogens with zero attached hydrogens (tertiary/aromatic N) is 7. The number of rotatable bonds is 7. The maximum atomic E-state index is 16.7. The molecular weight excluding hydrogens is 585 g/mol. The summed E-state index contributed by atoms with van der Waals surface area (Å²) in [5.41, 5.74) is 1.12. The van der Waals surface area contributed by atoms with Crippen LogP contribution in [0.15, 0.2) is 67.3 Å². The van der Waals surface area contributed by atoms with Crippen LogP contribution >= 0.6 is 0 Å². The molecule has 8 rings (SSSR count). The van der Waals surface area contributed by atoms with Gasteiger partial charge in [-0.25, -0.2) is 9.37 Å². The van der Waals surface area contributed by atoms with Crippen molar-refractivity contribution in [3.05, 3.63) is 73.1 Å². The molecule has 3 aliphatic heterocycles. The van der Waals surface area contributed by atoms with E-state index in [0.29, 0.717) is 42.0 Å². The fourth-order valence-corrected chi connectivity index (χ4v) is 7.62. The van der Waals surface area contributed by atoms with Crippen molar-refractivity contribution in [3.8, 4) is 22.9 Å². The maximum Gasteiger partial charge on any atom is 0.319 e. The molecule has 0 aliphatic carbocycles. The summed E-state index contributed by atoms with van der Waals surface area (Å²) in [5, 5.41) is 12.8. The Labute approximate surface area is 266 Å². The summed E-state index contributed by atoms with van der Waals surface area (Å²) in [6, 6.07) is 15.0. The number of likely N-dealkylation sites (tertiary alicyclic amines) is 1. The van der Waals surface area contributed by atoms with Gasteiger partial charge >= 0.3 is 6.01 Å². The second kappa shape index (κ2) is 11.5. The Morgan fingerprint density at radius 3 is 2.61 bits per heavy atom. The van der Waals surface area contributed by atoms with Crippen LogP contribution in [0.4, 0.5) is 10.2 Å². The van der Waals surface area contributed by atoms with Gasteiger partial charge in [0.25, 0.3) is 0 Å². The highest BCUT2D eigenvalue weighted by Crippen LogP contribution is 2.40. The lowest BCUT2D eigenvalue weighted by atomic mass is 9.96. The summed E-state index contributed by atoms with van der Waals surface area (Å²) in [6.07, 6.45) is 9.08. The lowest BCUT2D eigenvalue weighted by molar-refractivity contribution is -0.135. The molecule has 2 bridgehead atoms. The van der Waals surface area contributed by atoms with Crippen LogP contribution < -0.4 is 9.64 Å². The average molecular weight is 622 g/mol. The molecule has 5 heterocycles. The number of piperazine rings is 1. The van der Waals surface area contributed by atoms with E-state index in [1.807, 2.05) is 35.2 Å². The van der Waals surface area contributed by atoms with E-state index in [0.717, 1.165) is 43.0 Å². The molecule has 0 saturated carbocycles. The number of aromatic nitrogens is 4. The largest absolute Gasteiger partial charge is 0.508 e. The quantitative estimate of drug-likeness (QED) is 0.276. The molecule has 3 atom stereocenters. The molecule has 236 valence electrons. The Bertz CT molecular complexity index is 1920. The number of fused-ring (bicyclic) bond motifs is 4. The van der Waals surface area contributed by atoms with Crippen molar-refractivity contribution in [2.24, 2.45) is 0 Å². The third kappa shape index (κ3) is 5.08. The second-order valence-electron chi connectivity index (χ2n) is 12.8. The number of ether oxygens (including phenoxy) is 1. The number of anilines is 1. The first kappa shape index (κ1) is 28.7. The van der Waals surface area contributed by atoms with Crippen LogP contribution in [-0.2, 0) is 11.3 Å². The number of hydrogen-bond donors (Lipinski definition) is 1. The first-order chi connectivity index (χ1) is 22.4. The number of carbonyl (C=O) groups excluding carboxylic acids is 1. The van der Waals surface area contributed by atoms with Gasteiger partial charge in [0.05, 0.1) is 6.33 Å². The van der Waals surface area contributed by atoms with Crippen molar-refractivity contribution >= 4 is 33.4 Å². The first-order valence-corrected chi connectivity index (χ1v) is 16.0. The Hall–Kier alpha value is -4.77. The Morgan fingerprint density at radius 2 is 1.85 bits per heavy atom. The van der Waals surface area contributed by atoms with E-state index in [4.69, 9.17) is 9.72 Å². The average Bonchev–Trinajstić information content (AvgIpc) is 3.79. The van der Waals surface area contributed by atoms with Crippen molar-refractivity contribution in [1.29, 1.82) is 0 Å². The highest BCUT2D eigenvalue weighted by atomic mass is 19.1. The molecule has 3 fully saturated rings. The molecule has 5 aromatic rings. The van der Waals surface area contributed by atoms with Gasteiger partial charge < -0.3 is 29.1 Å². The second-order valence-corrected chi connectivity index (χ2v) is 12.8.